The Morgan fingerprint density at radius 2 is 0.874 bits per heavy atom. The number of nitrogens with one attached hydrogen (secondary N) is 3. The number of halogens is 2. The molecular formula is C78H78Br2N10O11S2. The van der Waals surface area contributed by atoms with Gasteiger partial charge in [0.2, 0.25) is 15.4 Å². The predicted molar refractivity (Wildman–Crippen MR) is 404 cm³/mol. The number of ether oxygens (including phenoxy) is 4. The van der Waals surface area contributed by atoms with E-state index < -0.39 is 42.2 Å². The first-order chi connectivity index (χ1) is 50.2. The third-order valence-electron chi connectivity index (χ3n) is 18.7. The fourth-order valence-electron chi connectivity index (χ4n) is 13.4. The van der Waals surface area contributed by atoms with E-state index in [2.05, 4.69) is 177 Å². The molecule has 0 aliphatic heterocycles. The van der Waals surface area contributed by atoms with Crippen molar-refractivity contribution in [2.24, 2.45) is 5.73 Å². The van der Waals surface area contributed by atoms with Crippen LogP contribution in [-0.4, -0.2) is 135 Å². The minimum atomic E-state index is -0.875. The van der Waals surface area contributed by atoms with E-state index in [0.717, 1.165) is 80.1 Å². The second kappa shape index (κ2) is 34.7. The summed E-state index contributed by atoms with van der Waals surface area (Å²) >= 11 is 9.46. The van der Waals surface area contributed by atoms with Gasteiger partial charge in [-0.15, -0.1) is 20.4 Å². The summed E-state index contributed by atoms with van der Waals surface area (Å²) in [5.41, 5.74) is 19.3. The highest BCUT2D eigenvalue weighted by atomic mass is 79.9. The van der Waals surface area contributed by atoms with Gasteiger partial charge in [0.25, 0.3) is 0 Å². The molecule has 25 heteroatoms. The number of aliphatic carboxylic acids is 1. The topological polar surface area (TPSA) is 283 Å². The molecule has 4 aliphatic carbocycles. The number of methoxy groups -OCH3 is 2. The summed E-state index contributed by atoms with van der Waals surface area (Å²) in [6.45, 7) is 1.31. The average molecular weight is 1560 g/mol. The van der Waals surface area contributed by atoms with Gasteiger partial charge in [0.1, 0.15) is 25.3 Å². The van der Waals surface area contributed by atoms with E-state index in [1.54, 1.807) is 0 Å². The van der Waals surface area contributed by atoms with E-state index in [9.17, 15) is 28.8 Å². The maximum atomic E-state index is 12.8. The van der Waals surface area contributed by atoms with E-state index in [1.165, 1.54) is 84.7 Å². The number of carbonyl (C=O) groups excluding carboxylic acids is 5. The zero-order valence-electron chi connectivity index (χ0n) is 56.8. The molecule has 532 valence electrons. The largest absolute Gasteiger partial charge is 0.481 e. The molecule has 14 rings (SSSR count). The fourth-order valence-corrected chi connectivity index (χ4v) is 16.0. The molecule has 2 saturated carbocycles. The van der Waals surface area contributed by atoms with Gasteiger partial charge in [0, 0.05) is 29.2 Å². The smallest absolute Gasteiger partial charge is 0.407 e. The Hall–Kier alpha value is -9.40. The summed E-state index contributed by atoms with van der Waals surface area (Å²) in [6, 6.07) is 56.2. The SMILES string of the molecule is COC(=O)C(CCCCN)NC(=O)OCC1c2ccccc2-c2ccccc21.COC(=O)C(CCCCNC(=O)CSc1nnc(Br)n1-c1ccc(C2CC2)c2ccccc12)NC(=O)OCC1c2ccccc2-c2ccccc21.O=C(O)CSc1nnc(Br)n1-c1ccc(C2CC2)c2ccccc12. The number of benzene rings is 8. The summed E-state index contributed by atoms with van der Waals surface area (Å²) in [4.78, 5) is 73.2. The number of carboxylic acid groups (broad SMARTS) is 1. The van der Waals surface area contributed by atoms with E-state index in [-0.39, 0.29) is 42.5 Å². The molecule has 3 amide bonds. The van der Waals surface area contributed by atoms with Gasteiger partial charge in [0.15, 0.2) is 10.3 Å². The Kier molecular flexibility index (Phi) is 24.7. The van der Waals surface area contributed by atoms with Gasteiger partial charge in [-0.2, -0.15) is 0 Å². The van der Waals surface area contributed by atoms with Gasteiger partial charge in [0.05, 0.1) is 37.1 Å². The van der Waals surface area contributed by atoms with Crippen LogP contribution in [0, 0.1) is 0 Å². The number of fused-ring (bicyclic) bond motifs is 8. The first-order valence-corrected chi connectivity index (χ1v) is 37.9. The molecule has 6 N–H and O–H groups in total. The van der Waals surface area contributed by atoms with Crippen LogP contribution < -0.4 is 21.7 Å². The van der Waals surface area contributed by atoms with Gasteiger partial charge in [-0.25, -0.2) is 19.2 Å². The number of hydrogen-bond donors (Lipinski definition) is 5. The second-order valence-corrected chi connectivity index (χ2v) is 28.7. The highest BCUT2D eigenvalue weighted by molar-refractivity contribution is 9.10. The number of esters is 2. The number of amides is 3. The molecule has 0 radical (unpaired) electrons. The highest BCUT2D eigenvalue weighted by Gasteiger charge is 2.34. The molecule has 10 aromatic rings. The number of rotatable bonds is 27. The van der Waals surface area contributed by atoms with Crippen molar-refractivity contribution < 1.29 is 52.8 Å². The summed E-state index contributed by atoms with van der Waals surface area (Å²) < 4.78 is 25.8. The Balaban J connectivity index is 0.000000161. The average Bonchev–Trinajstić information content (AvgIpc) is 1.72. The molecule has 8 aromatic carbocycles. The normalized spacial score (nSPS) is 13.9. The van der Waals surface area contributed by atoms with Crippen LogP contribution in [0.3, 0.4) is 0 Å². The van der Waals surface area contributed by atoms with Gasteiger partial charge >= 0.3 is 30.1 Å². The van der Waals surface area contributed by atoms with Gasteiger partial charge in [-0.1, -0.05) is 181 Å². The lowest BCUT2D eigenvalue weighted by atomic mass is 9.98. The number of nitrogens with two attached hydrogens (primary N) is 1. The Labute approximate surface area is 621 Å². The van der Waals surface area contributed by atoms with Crippen molar-refractivity contribution in [2.75, 3.05) is 52.0 Å². The molecule has 2 atom stereocenters. The molecule has 0 bridgehead atoms. The molecule has 2 fully saturated rings. The molecular weight excluding hydrogens is 1480 g/mol. The lowest BCUT2D eigenvalue weighted by molar-refractivity contribution is -0.144. The maximum Gasteiger partial charge on any atom is 0.407 e. The maximum absolute atomic E-state index is 12.8. The number of carbonyl (C=O) groups is 6. The van der Waals surface area contributed by atoms with Crippen LogP contribution in [0.2, 0.25) is 0 Å². The number of hydrogen-bond acceptors (Lipinski definition) is 17. The van der Waals surface area contributed by atoms with E-state index >= 15 is 0 Å². The second-order valence-electron chi connectivity index (χ2n) is 25.4. The molecule has 0 spiro atoms. The van der Waals surface area contributed by atoms with E-state index in [1.807, 2.05) is 69.8 Å². The molecule has 21 nitrogen and oxygen atoms in total. The molecule has 4 aliphatic rings. The van der Waals surface area contributed by atoms with Crippen molar-refractivity contribution in [3.63, 3.8) is 0 Å². The lowest BCUT2D eigenvalue weighted by Crippen LogP contribution is -2.42. The van der Waals surface area contributed by atoms with Crippen LogP contribution in [-0.2, 0) is 38.1 Å². The Morgan fingerprint density at radius 3 is 1.26 bits per heavy atom. The first kappa shape index (κ1) is 73.4. The number of nitrogens with zero attached hydrogens (tertiary/aromatic N) is 6. The van der Waals surface area contributed by atoms with E-state index in [4.69, 9.17) is 29.8 Å². The van der Waals surface area contributed by atoms with Crippen LogP contribution in [0.4, 0.5) is 9.59 Å². The van der Waals surface area contributed by atoms with Gasteiger partial charge < -0.3 is 45.7 Å². The van der Waals surface area contributed by atoms with Gasteiger partial charge in [-0.3, -0.25) is 18.7 Å². The molecule has 103 heavy (non-hydrogen) atoms. The number of carboxylic acids is 1. The summed E-state index contributed by atoms with van der Waals surface area (Å²) in [5, 5.41) is 39.8. The molecule has 0 saturated heterocycles. The highest BCUT2D eigenvalue weighted by Crippen LogP contribution is 2.48. The van der Waals surface area contributed by atoms with Crippen LogP contribution >= 0.6 is 55.4 Å². The number of alkyl carbamates (subject to hydrolysis) is 2. The lowest BCUT2D eigenvalue weighted by Gasteiger charge is -2.18. The van der Waals surface area contributed by atoms with Crippen molar-refractivity contribution in [3.05, 3.63) is 213 Å². The zero-order valence-corrected chi connectivity index (χ0v) is 61.6. The third-order valence-corrected chi connectivity index (χ3v) is 21.5. The first-order valence-electron chi connectivity index (χ1n) is 34.3. The van der Waals surface area contributed by atoms with Crippen LogP contribution in [0.1, 0.15) is 121 Å². The van der Waals surface area contributed by atoms with Crippen molar-refractivity contribution in [1.82, 2.24) is 45.5 Å². The van der Waals surface area contributed by atoms with Crippen LogP contribution in [0.15, 0.2) is 190 Å². The third kappa shape index (κ3) is 17.6. The fraction of sp³-hybridized carbons (Fsp3) is 0.308. The van der Waals surface area contributed by atoms with Crippen molar-refractivity contribution in [1.29, 1.82) is 0 Å². The van der Waals surface area contributed by atoms with Crippen LogP contribution in [0.5, 0.6) is 0 Å². The monoisotopic (exact) mass is 1550 g/mol. The Morgan fingerprint density at radius 1 is 0.495 bits per heavy atom. The van der Waals surface area contributed by atoms with E-state index in [0.29, 0.717) is 70.4 Å². The van der Waals surface area contributed by atoms with Gasteiger partial charge in [-0.05, 0) is 193 Å². The minimum Gasteiger partial charge on any atom is -0.481 e. The zero-order chi connectivity index (χ0) is 71.9. The number of unbranched alkanes of at least 4 members (excludes halogenated alkanes) is 2. The van der Waals surface area contributed by atoms with Crippen molar-refractivity contribution >= 4 is 113 Å². The standard InChI is InChI=1S/C39H38BrN5O5S.C22H26N2O4.C17H14BrN3O2S/c1-49-36(47)33(42-39(48)50-22-32-29-13-4-2-11-27(29)28-12-3-5-14-30(28)32)16-8-9-21-41-35(46)23-51-38-44-43-37(40)45(38)34-20-19-25(24-17-18-24)26-10-6-7-15-31(26)34;1-27-21(25)20(12-6-7-13-23)24-22(26)28-14-19-17-10-4-2-8-15(17)16-9-3-5-11-18(16)19;18-16-19-20-17(24-9-15(22)23)21(16)14-8-7-11(10-5-6-10)12-3-1-2-4-13(12)14/h2-7,10-15,19-20,24,32-33H,8-9,16-18,21-23H2,1H3,(H,41,46)(H,42,48);2-5,8-11,19-20H,6-7,12-14,23H2,1H3,(H,24,26);1-4,7-8,10H,5-6,9H2,(H,22,23). The summed E-state index contributed by atoms with van der Waals surface area (Å²) in [5.74, 6) is -0.755. The number of thioether (sulfide) groups is 2. The molecule has 2 aromatic heterocycles. The minimum absolute atomic E-state index is 0.0213. The molecule has 2 heterocycles. The summed E-state index contributed by atoms with van der Waals surface area (Å²) in [7, 11) is 2.59. The quantitative estimate of drug-likeness (QED) is 0.0138. The molecule has 2 unspecified atom stereocenters. The predicted octanol–water partition coefficient (Wildman–Crippen LogP) is 15.0. The summed E-state index contributed by atoms with van der Waals surface area (Å²) in [6.07, 6.45) is 7.13. The number of aromatic nitrogens is 6. The van der Waals surface area contributed by atoms with Crippen molar-refractivity contribution in [3.8, 4) is 33.6 Å². The van der Waals surface area contributed by atoms with Crippen LogP contribution in [0.25, 0.3) is 55.2 Å². The Bertz CT molecular complexity index is 4650. The van der Waals surface area contributed by atoms with Crippen molar-refractivity contribution in [2.45, 2.75) is 110 Å².